The molecule has 32 heavy (non-hydrogen) atoms. The summed E-state index contributed by atoms with van der Waals surface area (Å²) < 4.78 is 5.51. The zero-order chi connectivity index (χ0) is 22.5. The van der Waals surface area contributed by atoms with Crippen molar-refractivity contribution in [2.75, 3.05) is 0 Å². The summed E-state index contributed by atoms with van der Waals surface area (Å²) in [6.45, 7) is 0. The molecular formula is C25H24BNO5. The fourth-order valence-electron chi connectivity index (χ4n) is 4.13. The quantitative estimate of drug-likeness (QED) is 0.415. The molecule has 1 atom stereocenters. The van der Waals surface area contributed by atoms with E-state index in [1.165, 1.54) is 11.6 Å². The number of carbonyl (C=O) groups is 2. The van der Waals surface area contributed by atoms with E-state index in [2.05, 4.69) is 11.1 Å². The zero-order valence-corrected chi connectivity index (χ0v) is 17.6. The molecule has 0 radical (unpaired) electrons. The second-order valence-electron chi connectivity index (χ2n) is 8.11. The van der Waals surface area contributed by atoms with Gasteiger partial charge in [-0.15, -0.1) is 0 Å². The molecule has 6 nitrogen and oxygen atoms in total. The zero-order valence-electron chi connectivity index (χ0n) is 17.6. The molecule has 4 rings (SSSR count). The van der Waals surface area contributed by atoms with Gasteiger partial charge in [0.05, 0.1) is 5.56 Å². The van der Waals surface area contributed by atoms with Gasteiger partial charge >= 0.3 is 13.1 Å². The Morgan fingerprint density at radius 2 is 1.84 bits per heavy atom. The van der Waals surface area contributed by atoms with Crippen molar-refractivity contribution in [3.05, 3.63) is 94.8 Å². The highest BCUT2D eigenvalue weighted by atomic mass is 16.5. The van der Waals surface area contributed by atoms with E-state index in [1.807, 2.05) is 30.5 Å². The number of para-hydroxylation sites is 1. The maximum atomic E-state index is 12.9. The molecule has 2 heterocycles. The Morgan fingerprint density at radius 3 is 2.62 bits per heavy atom. The number of carboxylic acid groups (broad SMARTS) is 1. The minimum atomic E-state index is -1.23. The Bertz CT molecular complexity index is 1120. The largest absolute Gasteiger partial charge is 0.535 e. The summed E-state index contributed by atoms with van der Waals surface area (Å²) in [6, 6.07) is 16.5. The van der Waals surface area contributed by atoms with Gasteiger partial charge in [0.1, 0.15) is 5.75 Å². The Hall–Kier alpha value is -3.45. The van der Waals surface area contributed by atoms with Crippen LogP contribution in [-0.4, -0.2) is 34.0 Å². The Balaban J connectivity index is 1.39. The van der Waals surface area contributed by atoms with Crippen molar-refractivity contribution >= 4 is 18.9 Å². The van der Waals surface area contributed by atoms with Gasteiger partial charge in [0.25, 0.3) is 0 Å². The standard InChI is InChI=1S/C25H24BNO5/c28-23(15-21-14-20-10-3-11-22(25(29)30)24(20)32-26(21)31)19-9-2-6-17(13-19)5-1-7-18-8-4-12-27-16-18/h2-4,6,8-13,16,21,31H,1,5,7,14-15H2,(H,29,30)/t21-/m1/s1. The van der Waals surface area contributed by atoms with Gasteiger partial charge in [0.2, 0.25) is 0 Å². The molecule has 2 aromatic carbocycles. The lowest BCUT2D eigenvalue weighted by Crippen LogP contribution is -2.35. The molecule has 0 unspecified atom stereocenters. The van der Waals surface area contributed by atoms with Gasteiger partial charge < -0.3 is 14.8 Å². The van der Waals surface area contributed by atoms with Gasteiger partial charge in [-0.2, -0.15) is 0 Å². The Morgan fingerprint density at radius 1 is 1.06 bits per heavy atom. The molecule has 0 amide bonds. The molecule has 0 fully saturated rings. The number of ketones is 1. The number of aromatic nitrogens is 1. The number of carbonyl (C=O) groups excluding carboxylic acids is 1. The first-order valence-corrected chi connectivity index (χ1v) is 10.7. The van der Waals surface area contributed by atoms with Crippen molar-refractivity contribution < 1.29 is 24.4 Å². The number of nitrogens with zero attached hydrogens (tertiary/aromatic N) is 1. The lowest BCUT2D eigenvalue weighted by atomic mass is 9.64. The number of aromatic carboxylic acids is 1. The number of benzene rings is 2. The van der Waals surface area contributed by atoms with Crippen molar-refractivity contribution in [3.8, 4) is 5.75 Å². The van der Waals surface area contributed by atoms with E-state index in [-0.39, 0.29) is 23.5 Å². The molecule has 2 N–H and O–H groups in total. The lowest BCUT2D eigenvalue weighted by Gasteiger charge is -2.28. The van der Waals surface area contributed by atoms with Gasteiger partial charge in [-0.1, -0.05) is 36.4 Å². The number of fused-ring (bicyclic) bond motifs is 1. The van der Waals surface area contributed by atoms with Crippen LogP contribution in [0.2, 0.25) is 5.82 Å². The summed E-state index contributed by atoms with van der Waals surface area (Å²) in [5.41, 5.74) is 3.61. The van der Waals surface area contributed by atoms with Crippen molar-refractivity contribution in [1.29, 1.82) is 0 Å². The van der Waals surface area contributed by atoms with E-state index in [0.29, 0.717) is 17.5 Å². The van der Waals surface area contributed by atoms with E-state index in [9.17, 15) is 19.7 Å². The van der Waals surface area contributed by atoms with E-state index < -0.39 is 18.9 Å². The average molecular weight is 429 g/mol. The van der Waals surface area contributed by atoms with Crippen molar-refractivity contribution in [1.82, 2.24) is 4.98 Å². The smallest absolute Gasteiger partial charge is 0.526 e. The van der Waals surface area contributed by atoms with Crippen LogP contribution in [-0.2, 0) is 19.3 Å². The molecule has 0 saturated carbocycles. The first-order valence-electron chi connectivity index (χ1n) is 10.7. The maximum absolute atomic E-state index is 12.9. The fraction of sp³-hybridized carbons (Fsp3) is 0.240. The van der Waals surface area contributed by atoms with Gasteiger partial charge in [-0.05, 0) is 60.6 Å². The number of rotatable bonds is 8. The summed E-state index contributed by atoms with van der Waals surface area (Å²) in [6.07, 6.45) is 6.88. The monoisotopic (exact) mass is 429 g/mol. The summed E-state index contributed by atoms with van der Waals surface area (Å²) in [5, 5.41) is 19.7. The Labute approximate surface area is 187 Å². The van der Waals surface area contributed by atoms with Crippen LogP contribution >= 0.6 is 0 Å². The van der Waals surface area contributed by atoms with E-state index in [4.69, 9.17) is 4.65 Å². The van der Waals surface area contributed by atoms with Crippen LogP contribution in [0, 0.1) is 0 Å². The number of Topliss-reactive ketones (excluding diaryl/α,β-unsaturated/α-hetero) is 1. The first kappa shape index (κ1) is 21.8. The number of aryl methyl sites for hydroxylation is 2. The van der Waals surface area contributed by atoms with E-state index in [1.54, 1.807) is 24.4 Å². The molecule has 0 bridgehead atoms. The number of carboxylic acids is 1. The van der Waals surface area contributed by atoms with E-state index in [0.717, 1.165) is 24.8 Å². The highest BCUT2D eigenvalue weighted by molar-refractivity contribution is 6.47. The van der Waals surface area contributed by atoms with Crippen LogP contribution in [0.1, 0.15) is 50.2 Å². The predicted octanol–water partition coefficient (Wildman–Crippen LogP) is 4.01. The van der Waals surface area contributed by atoms with Gasteiger partial charge in [-0.25, -0.2) is 4.79 Å². The van der Waals surface area contributed by atoms with Crippen LogP contribution < -0.4 is 4.65 Å². The molecule has 0 aliphatic carbocycles. The van der Waals surface area contributed by atoms with Gasteiger partial charge in [-0.3, -0.25) is 9.78 Å². The predicted molar refractivity (Wildman–Crippen MR) is 121 cm³/mol. The lowest BCUT2D eigenvalue weighted by molar-refractivity contribution is 0.0693. The summed E-state index contributed by atoms with van der Waals surface area (Å²) >= 11 is 0. The van der Waals surface area contributed by atoms with Crippen molar-refractivity contribution in [2.45, 2.75) is 37.9 Å². The summed E-state index contributed by atoms with van der Waals surface area (Å²) in [5.74, 6) is -1.42. The minimum Gasteiger partial charge on any atom is -0.535 e. The van der Waals surface area contributed by atoms with Gasteiger partial charge in [0, 0.05) is 30.2 Å². The minimum absolute atomic E-state index is 0.0188. The number of hydrogen-bond donors (Lipinski definition) is 2. The van der Waals surface area contributed by atoms with Crippen LogP contribution in [0.25, 0.3) is 0 Å². The molecular weight excluding hydrogens is 405 g/mol. The van der Waals surface area contributed by atoms with Crippen LogP contribution in [0.3, 0.4) is 0 Å². The van der Waals surface area contributed by atoms with Crippen LogP contribution in [0.15, 0.2) is 67.0 Å². The number of hydrogen-bond acceptors (Lipinski definition) is 5. The molecule has 1 aliphatic heterocycles. The third-order valence-electron chi connectivity index (χ3n) is 5.80. The maximum Gasteiger partial charge on any atom is 0.526 e. The van der Waals surface area contributed by atoms with Crippen molar-refractivity contribution in [3.63, 3.8) is 0 Å². The van der Waals surface area contributed by atoms with Crippen LogP contribution in [0.4, 0.5) is 0 Å². The third-order valence-corrected chi connectivity index (χ3v) is 5.80. The van der Waals surface area contributed by atoms with E-state index >= 15 is 0 Å². The number of pyridine rings is 1. The molecule has 162 valence electrons. The van der Waals surface area contributed by atoms with Gasteiger partial charge in [0.15, 0.2) is 5.78 Å². The molecule has 7 heteroatoms. The second-order valence-corrected chi connectivity index (χ2v) is 8.11. The topological polar surface area (TPSA) is 96.7 Å². The summed E-state index contributed by atoms with van der Waals surface area (Å²) in [7, 11) is -1.23. The normalized spacial score (nSPS) is 15.0. The summed E-state index contributed by atoms with van der Waals surface area (Å²) in [4.78, 5) is 28.4. The highest BCUT2D eigenvalue weighted by Crippen LogP contribution is 2.36. The molecule has 3 aromatic rings. The SMILES string of the molecule is O=C(C[C@H]1Cc2cccc(C(=O)O)c2OB1O)c1cccc(CCCc2cccnc2)c1. The second kappa shape index (κ2) is 9.79. The fourth-order valence-corrected chi connectivity index (χ4v) is 4.13. The average Bonchev–Trinajstić information content (AvgIpc) is 2.80. The highest BCUT2D eigenvalue weighted by Gasteiger charge is 2.37. The Kier molecular flexibility index (Phi) is 6.66. The molecule has 0 spiro atoms. The van der Waals surface area contributed by atoms with Crippen LogP contribution in [0.5, 0.6) is 5.75 Å². The van der Waals surface area contributed by atoms with Crippen molar-refractivity contribution in [2.24, 2.45) is 0 Å². The first-order chi connectivity index (χ1) is 15.5. The molecule has 1 aromatic heterocycles. The molecule has 0 saturated heterocycles. The third kappa shape index (κ3) is 5.06. The molecule has 1 aliphatic rings.